The molecule has 1 amide bonds. The van der Waals surface area contributed by atoms with E-state index < -0.39 is 75.8 Å². The second-order valence-electron chi connectivity index (χ2n) is 11.3. The van der Waals surface area contributed by atoms with E-state index in [1.165, 1.54) is 6.92 Å². The highest BCUT2D eigenvalue weighted by atomic mass is 16.6. The lowest BCUT2D eigenvalue weighted by atomic mass is 9.31. The van der Waals surface area contributed by atoms with Gasteiger partial charge in [-0.3, -0.25) is 9.59 Å². The van der Waals surface area contributed by atoms with Crippen molar-refractivity contribution in [1.29, 1.82) is 0 Å². The number of β-lactam (4-membered cyclic amide) rings is 1. The summed E-state index contributed by atoms with van der Waals surface area (Å²) in [6.45, 7) is 10.7. The van der Waals surface area contributed by atoms with E-state index in [9.17, 15) is 30.0 Å². The Bertz CT molecular complexity index is 887. The predicted octanol–water partition coefficient (Wildman–Crippen LogP) is -0.264. The highest BCUT2D eigenvalue weighted by Crippen LogP contribution is 2.76. The SMILES string of the molecule is C=C(C)[C@@H]1CC[C@H]2[C@@]34CO[C@@](O)([C@@H](O)[C@@H]3C(C)(C)[C@@H](O)[C@H]3NC(=O)[C@H]34)[C@@]2(C(C)=O)[C@@H]1O. The lowest BCUT2D eigenvalue weighted by molar-refractivity contribution is -0.464. The molecule has 11 atom stereocenters. The number of Topliss-reactive ketones (excluding diaryl/α,β-unsaturated/α-hetero) is 1. The average Bonchev–Trinajstić information content (AvgIpc) is 2.66. The fourth-order valence-electron chi connectivity index (χ4n) is 8.73. The second-order valence-corrected chi connectivity index (χ2v) is 11.3. The van der Waals surface area contributed by atoms with Crippen LogP contribution in [0.3, 0.4) is 0 Å². The molecular weight excluding hydrogens is 402 g/mol. The van der Waals surface area contributed by atoms with Gasteiger partial charge in [0.05, 0.1) is 30.8 Å². The Morgan fingerprint density at radius 3 is 2.32 bits per heavy atom. The van der Waals surface area contributed by atoms with Crippen LogP contribution in [-0.4, -0.2) is 68.9 Å². The van der Waals surface area contributed by atoms with Gasteiger partial charge in [-0.05, 0) is 38.0 Å². The Labute approximate surface area is 181 Å². The van der Waals surface area contributed by atoms with Crippen molar-refractivity contribution in [2.75, 3.05) is 6.61 Å². The maximum atomic E-state index is 13.4. The number of amides is 1. The fraction of sp³-hybridized carbons (Fsp3) is 0.826. The normalized spacial score (nSPS) is 56.5. The third kappa shape index (κ3) is 1.97. The van der Waals surface area contributed by atoms with Gasteiger partial charge in [-0.25, -0.2) is 0 Å². The van der Waals surface area contributed by atoms with Gasteiger partial charge >= 0.3 is 0 Å². The zero-order valence-corrected chi connectivity index (χ0v) is 18.5. The molecule has 6 aliphatic rings. The monoisotopic (exact) mass is 435 g/mol. The van der Waals surface area contributed by atoms with Crippen molar-refractivity contribution >= 4 is 11.7 Å². The largest absolute Gasteiger partial charge is 0.391 e. The number of hydrogen-bond donors (Lipinski definition) is 5. The van der Waals surface area contributed by atoms with Crippen LogP contribution in [-0.2, 0) is 14.3 Å². The summed E-state index contributed by atoms with van der Waals surface area (Å²) in [5.41, 5.74) is -2.96. The molecule has 31 heavy (non-hydrogen) atoms. The first-order valence-electron chi connectivity index (χ1n) is 11.2. The third-order valence-corrected chi connectivity index (χ3v) is 9.89. The van der Waals surface area contributed by atoms with Crippen molar-refractivity contribution in [2.45, 2.75) is 70.7 Å². The molecule has 0 aromatic carbocycles. The number of ketones is 1. The van der Waals surface area contributed by atoms with E-state index in [-0.39, 0.29) is 12.5 Å². The van der Waals surface area contributed by atoms with Crippen LogP contribution in [0.5, 0.6) is 0 Å². The Balaban J connectivity index is 1.80. The predicted molar refractivity (Wildman–Crippen MR) is 108 cm³/mol. The molecule has 8 heteroatoms. The Morgan fingerprint density at radius 1 is 1.13 bits per heavy atom. The first kappa shape index (κ1) is 21.5. The number of hydrogen-bond acceptors (Lipinski definition) is 7. The van der Waals surface area contributed by atoms with Crippen LogP contribution in [0.2, 0.25) is 0 Å². The number of rotatable bonds is 2. The van der Waals surface area contributed by atoms with Gasteiger partial charge in [0.25, 0.3) is 0 Å². The van der Waals surface area contributed by atoms with E-state index in [1.807, 2.05) is 13.8 Å². The van der Waals surface area contributed by atoms with E-state index in [2.05, 4.69) is 11.9 Å². The number of fused-ring (bicyclic) bond motifs is 2. The molecule has 3 saturated heterocycles. The van der Waals surface area contributed by atoms with Crippen molar-refractivity contribution in [3.63, 3.8) is 0 Å². The summed E-state index contributed by atoms with van der Waals surface area (Å²) >= 11 is 0. The minimum absolute atomic E-state index is 0.0138. The van der Waals surface area contributed by atoms with Gasteiger partial charge in [0.2, 0.25) is 11.7 Å². The molecule has 6 fully saturated rings. The van der Waals surface area contributed by atoms with E-state index in [0.29, 0.717) is 18.4 Å². The fourth-order valence-corrected chi connectivity index (χ4v) is 8.73. The van der Waals surface area contributed by atoms with Crippen LogP contribution < -0.4 is 5.32 Å². The average molecular weight is 436 g/mol. The lowest BCUT2D eigenvalue weighted by Crippen LogP contribution is -2.91. The molecule has 0 radical (unpaired) electrons. The summed E-state index contributed by atoms with van der Waals surface area (Å²) in [6.07, 6.45) is -2.76. The minimum Gasteiger partial charge on any atom is -0.391 e. The van der Waals surface area contributed by atoms with Crippen LogP contribution in [0.15, 0.2) is 12.2 Å². The first-order chi connectivity index (χ1) is 14.3. The number of ether oxygens (including phenoxy) is 1. The molecule has 2 bridgehead atoms. The van der Waals surface area contributed by atoms with Gasteiger partial charge in [-0.1, -0.05) is 26.0 Å². The zero-order chi connectivity index (χ0) is 22.9. The zero-order valence-electron chi connectivity index (χ0n) is 18.5. The number of nitrogens with one attached hydrogen (secondary N) is 1. The quantitative estimate of drug-likeness (QED) is 0.298. The van der Waals surface area contributed by atoms with E-state index in [4.69, 9.17) is 4.74 Å². The van der Waals surface area contributed by atoms with Crippen LogP contribution in [0, 0.1) is 39.9 Å². The summed E-state index contributed by atoms with van der Waals surface area (Å²) in [5.74, 6) is -5.42. The maximum Gasteiger partial charge on any atom is 0.226 e. The Kier molecular flexibility index (Phi) is 4.14. The van der Waals surface area contributed by atoms with E-state index in [0.717, 1.165) is 0 Å². The third-order valence-electron chi connectivity index (χ3n) is 9.89. The lowest BCUT2D eigenvalue weighted by Gasteiger charge is -2.78. The number of aliphatic hydroxyl groups is 4. The van der Waals surface area contributed by atoms with Gasteiger partial charge in [-0.2, -0.15) is 0 Å². The summed E-state index contributed by atoms with van der Waals surface area (Å²) in [5, 5.41) is 49.0. The van der Waals surface area contributed by atoms with Crippen molar-refractivity contribution in [3.05, 3.63) is 12.2 Å². The van der Waals surface area contributed by atoms with Crippen LogP contribution >= 0.6 is 0 Å². The smallest absolute Gasteiger partial charge is 0.226 e. The topological polar surface area (TPSA) is 136 Å². The van der Waals surface area contributed by atoms with Crippen molar-refractivity contribution < 1.29 is 34.8 Å². The molecule has 3 heterocycles. The maximum absolute atomic E-state index is 13.4. The Morgan fingerprint density at radius 2 is 1.77 bits per heavy atom. The number of carbonyl (C=O) groups excluding carboxylic acids is 2. The molecule has 3 aliphatic carbocycles. The summed E-state index contributed by atoms with van der Waals surface area (Å²) in [4.78, 5) is 26.2. The van der Waals surface area contributed by atoms with Crippen molar-refractivity contribution in [1.82, 2.24) is 5.32 Å². The molecule has 0 unspecified atom stereocenters. The molecule has 6 rings (SSSR count). The van der Waals surface area contributed by atoms with Gasteiger partial charge in [0.15, 0.2) is 0 Å². The van der Waals surface area contributed by atoms with Gasteiger partial charge in [-0.15, -0.1) is 0 Å². The number of carbonyl (C=O) groups is 2. The van der Waals surface area contributed by atoms with E-state index in [1.54, 1.807) is 6.92 Å². The minimum atomic E-state index is -2.33. The molecule has 172 valence electrons. The molecule has 3 aliphatic heterocycles. The molecule has 0 aromatic rings. The molecular formula is C23H33NO7. The second kappa shape index (κ2) is 5.97. The van der Waals surface area contributed by atoms with Crippen LogP contribution in [0.25, 0.3) is 0 Å². The molecule has 1 spiro atoms. The summed E-state index contributed by atoms with van der Waals surface area (Å²) in [6, 6.07) is -0.528. The highest BCUT2D eigenvalue weighted by molar-refractivity contribution is 5.90. The molecule has 5 N–H and O–H groups in total. The molecule has 0 aromatic heterocycles. The highest BCUT2D eigenvalue weighted by Gasteiger charge is 2.87. The molecule has 8 nitrogen and oxygen atoms in total. The van der Waals surface area contributed by atoms with Gasteiger partial charge < -0.3 is 30.5 Å². The Hall–Kier alpha value is -1.32. The summed E-state index contributed by atoms with van der Waals surface area (Å²) < 4.78 is 5.93. The number of aliphatic hydroxyl groups excluding tert-OH is 3. The van der Waals surface area contributed by atoms with Gasteiger partial charge in [0.1, 0.15) is 17.3 Å². The van der Waals surface area contributed by atoms with Gasteiger partial charge in [0, 0.05) is 17.3 Å². The van der Waals surface area contributed by atoms with E-state index >= 15 is 0 Å². The summed E-state index contributed by atoms with van der Waals surface area (Å²) in [7, 11) is 0. The molecule has 3 saturated carbocycles. The van der Waals surface area contributed by atoms with Crippen molar-refractivity contribution in [3.8, 4) is 0 Å². The van der Waals surface area contributed by atoms with Crippen LogP contribution in [0.4, 0.5) is 0 Å². The first-order valence-corrected chi connectivity index (χ1v) is 11.2. The van der Waals surface area contributed by atoms with Crippen LogP contribution in [0.1, 0.15) is 40.5 Å². The van der Waals surface area contributed by atoms with Crippen molar-refractivity contribution in [2.24, 2.45) is 39.9 Å². The standard InChI is InChI=1S/C23H33NO7/c1-9(2)11-6-7-12-21-8-31-23(30,22(12,10(3)25)16(11)26)18(28)15(21)20(4,5)17(27)14-13(21)19(29)24-14/h11-18,26-28,30H,1,6-8H2,2-5H3,(H,24,29)/t11-,12-,13-,14-,15+,16+,17-,18-,21+,22+,23-/m0/s1.